The Labute approximate surface area is 180 Å². The molecular weight excluding hydrogens is 400 g/mol. The number of hydrogen-bond acceptors (Lipinski definition) is 5. The van der Waals surface area contributed by atoms with Crippen molar-refractivity contribution in [2.45, 2.75) is 20.8 Å². The van der Waals surface area contributed by atoms with E-state index in [1.807, 2.05) is 37.3 Å². The molecule has 1 saturated heterocycles. The average Bonchev–Trinajstić information content (AvgIpc) is 3.01. The van der Waals surface area contributed by atoms with Crippen LogP contribution in [0, 0.1) is 5.92 Å². The zero-order chi connectivity index (χ0) is 21.7. The predicted octanol–water partition coefficient (Wildman–Crippen LogP) is 5.04. The number of carbonyl (C=O) groups excluding carboxylic acids is 1. The highest BCUT2D eigenvalue weighted by atomic mass is 32.2. The Morgan fingerprint density at radius 2 is 1.83 bits per heavy atom. The van der Waals surface area contributed by atoms with E-state index in [0.29, 0.717) is 34.8 Å². The lowest BCUT2D eigenvalue weighted by Crippen LogP contribution is -2.28. The second kappa shape index (κ2) is 9.63. The van der Waals surface area contributed by atoms with Crippen molar-refractivity contribution in [3.8, 4) is 5.75 Å². The number of carboxylic acids is 1. The molecule has 2 aromatic carbocycles. The van der Waals surface area contributed by atoms with Gasteiger partial charge in [-0.05, 0) is 72.6 Å². The molecule has 0 bridgehead atoms. The lowest BCUT2D eigenvalue weighted by molar-refractivity contribution is -0.122. The van der Waals surface area contributed by atoms with Gasteiger partial charge in [-0.1, -0.05) is 26.0 Å². The molecule has 1 heterocycles. The van der Waals surface area contributed by atoms with Crippen molar-refractivity contribution in [3.63, 3.8) is 0 Å². The number of nitrogens with zero attached hydrogens (tertiary/aromatic N) is 2. The van der Waals surface area contributed by atoms with E-state index in [9.17, 15) is 9.59 Å². The molecule has 1 N–H and O–H groups in total. The molecular formula is C23H24N2O4S. The van der Waals surface area contributed by atoms with Gasteiger partial charge in [-0.3, -0.25) is 9.69 Å². The molecule has 0 radical (unpaired) electrons. The van der Waals surface area contributed by atoms with Gasteiger partial charge >= 0.3 is 5.97 Å². The van der Waals surface area contributed by atoms with Gasteiger partial charge in [0.15, 0.2) is 5.17 Å². The lowest BCUT2D eigenvalue weighted by Gasteiger charge is -2.12. The predicted molar refractivity (Wildman–Crippen MR) is 120 cm³/mol. The van der Waals surface area contributed by atoms with E-state index in [1.165, 1.54) is 23.9 Å². The number of aromatic carboxylic acids is 1. The summed E-state index contributed by atoms with van der Waals surface area (Å²) in [6, 6.07) is 13.9. The van der Waals surface area contributed by atoms with E-state index in [0.717, 1.165) is 11.3 Å². The van der Waals surface area contributed by atoms with Crippen LogP contribution in [0.3, 0.4) is 0 Å². The molecule has 156 valence electrons. The molecule has 0 aliphatic carbocycles. The van der Waals surface area contributed by atoms with E-state index in [4.69, 9.17) is 9.84 Å². The fraction of sp³-hybridized carbons (Fsp3) is 0.261. The molecule has 6 nitrogen and oxygen atoms in total. The molecule has 7 heteroatoms. The number of amides is 1. The Balaban J connectivity index is 1.78. The molecule has 0 atom stereocenters. The van der Waals surface area contributed by atoms with Gasteiger partial charge < -0.3 is 9.84 Å². The molecule has 1 amide bonds. The molecule has 0 spiro atoms. The highest BCUT2D eigenvalue weighted by molar-refractivity contribution is 8.18. The molecule has 1 aliphatic rings. The summed E-state index contributed by atoms with van der Waals surface area (Å²) in [6.45, 7) is 7.25. The van der Waals surface area contributed by atoms with Gasteiger partial charge in [0.2, 0.25) is 0 Å². The summed E-state index contributed by atoms with van der Waals surface area (Å²) in [7, 11) is 0. The first kappa shape index (κ1) is 21.6. The van der Waals surface area contributed by atoms with Crippen LogP contribution in [0.15, 0.2) is 58.4 Å². The molecule has 1 fully saturated rings. The van der Waals surface area contributed by atoms with Gasteiger partial charge in [-0.15, -0.1) is 0 Å². The standard InChI is InChI=1S/C23H24N2O4S/c1-4-25-21(26)20(13-16-5-11-19(12-6-16)29-14-15(2)3)30-23(25)24-18-9-7-17(8-10-18)22(27)28/h5-13,15H,4,14H2,1-3H3,(H,27,28)/b20-13+,24-23?. The molecule has 0 aromatic heterocycles. The summed E-state index contributed by atoms with van der Waals surface area (Å²) >= 11 is 1.31. The van der Waals surface area contributed by atoms with Crippen LogP contribution >= 0.6 is 11.8 Å². The summed E-state index contributed by atoms with van der Waals surface area (Å²) in [5.41, 5.74) is 1.70. The lowest BCUT2D eigenvalue weighted by atomic mass is 10.2. The number of amidine groups is 1. The first-order valence-electron chi connectivity index (χ1n) is 9.73. The highest BCUT2D eigenvalue weighted by Crippen LogP contribution is 2.34. The largest absolute Gasteiger partial charge is 0.493 e. The fourth-order valence-corrected chi connectivity index (χ4v) is 3.80. The van der Waals surface area contributed by atoms with Crippen molar-refractivity contribution in [1.29, 1.82) is 0 Å². The summed E-state index contributed by atoms with van der Waals surface area (Å²) in [5.74, 6) is 0.181. The van der Waals surface area contributed by atoms with Gasteiger partial charge in [-0.25, -0.2) is 9.79 Å². The van der Waals surface area contributed by atoms with Gasteiger partial charge in [0, 0.05) is 6.54 Å². The number of rotatable bonds is 7. The van der Waals surface area contributed by atoms with E-state index in [1.54, 1.807) is 17.0 Å². The number of hydrogen-bond donors (Lipinski definition) is 1. The van der Waals surface area contributed by atoms with Crippen molar-refractivity contribution in [2.75, 3.05) is 13.2 Å². The van der Waals surface area contributed by atoms with Crippen LogP contribution in [0.2, 0.25) is 0 Å². The minimum absolute atomic E-state index is 0.0939. The topological polar surface area (TPSA) is 79.2 Å². The van der Waals surface area contributed by atoms with Crippen LogP contribution < -0.4 is 4.74 Å². The SMILES string of the molecule is CCN1C(=O)/C(=C\c2ccc(OCC(C)C)cc2)SC1=Nc1ccc(C(=O)O)cc1. The third-order valence-corrected chi connectivity index (χ3v) is 5.31. The molecule has 30 heavy (non-hydrogen) atoms. The van der Waals surface area contributed by atoms with E-state index in [-0.39, 0.29) is 11.5 Å². The van der Waals surface area contributed by atoms with E-state index >= 15 is 0 Å². The maximum atomic E-state index is 12.8. The Hall–Kier alpha value is -3.06. The van der Waals surface area contributed by atoms with Crippen molar-refractivity contribution < 1.29 is 19.4 Å². The first-order chi connectivity index (χ1) is 14.4. The number of ether oxygens (including phenoxy) is 1. The number of aliphatic imine (C=N–C) groups is 1. The number of carbonyl (C=O) groups is 2. The van der Waals surface area contributed by atoms with Gasteiger partial charge in [0.05, 0.1) is 22.8 Å². The zero-order valence-electron chi connectivity index (χ0n) is 17.2. The maximum Gasteiger partial charge on any atom is 0.335 e. The smallest absolute Gasteiger partial charge is 0.335 e. The molecule has 2 aromatic rings. The summed E-state index contributed by atoms with van der Waals surface area (Å²) in [5, 5.41) is 9.59. The Morgan fingerprint density at radius 3 is 2.40 bits per heavy atom. The normalized spacial score (nSPS) is 16.7. The molecule has 3 rings (SSSR count). The monoisotopic (exact) mass is 424 g/mol. The fourth-order valence-electron chi connectivity index (χ4n) is 2.73. The van der Waals surface area contributed by atoms with Crippen LogP contribution in [0.4, 0.5) is 5.69 Å². The molecule has 1 aliphatic heterocycles. The van der Waals surface area contributed by atoms with Gasteiger partial charge in [-0.2, -0.15) is 0 Å². The summed E-state index contributed by atoms with van der Waals surface area (Å²) < 4.78 is 5.70. The summed E-state index contributed by atoms with van der Waals surface area (Å²) in [6.07, 6.45) is 1.85. The van der Waals surface area contributed by atoms with Crippen LogP contribution in [0.1, 0.15) is 36.7 Å². The van der Waals surface area contributed by atoms with Crippen molar-refractivity contribution >= 4 is 40.6 Å². The maximum absolute atomic E-state index is 12.8. The Morgan fingerprint density at radius 1 is 1.17 bits per heavy atom. The van der Waals surface area contributed by atoms with Gasteiger partial charge in [0.1, 0.15) is 5.75 Å². The second-order valence-electron chi connectivity index (χ2n) is 7.18. The number of benzene rings is 2. The summed E-state index contributed by atoms with van der Waals surface area (Å²) in [4.78, 5) is 30.5. The first-order valence-corrected chi connectivity index (χ1v) is 10.6. The van der Waals surface area contributed by atoms with Crippen molar-refractivity contribution in [2.24, 2.45) is 10.9 Å². The van der Waals surface area contributed by atoms with Crippen molar-refractivity contribution in [3.05, 3.63) is 64.6 Å². The van der Waals surface area contributed by atoms with E-state index in [2.05, 4.69) is 18.8 Å². The Kier molecular flexibility index (Phi) is 6.95. The van der Waals surface area contributed by atoms with Crippen molar-refractivity contribution in [1.82, 2.24) is 4.90 Å². The number of carboxylic acid groups (broad SMARTS) is 1. The van der Waals surface area contributed by atoms with Crippen LogP contribution in [0.25, 0.3) is 6.08 Å². The quantitative estimate of drug-likeness (QED) is 0.630. The number of thioether (sulfide) groups is 1. The average molecular weight is 425 g/mol. The van der Waals surface area contributed by atoms with Gasteiger partial charge in [0.25, 0.3) is 5.91 Å². The third kappa shape index (κ3) is 5.30. The van der Waals surface area contributed by atoms with Crippen LogP contribution in [-0.2, 0) is 4.79 Å². The Bertz CT molecular complexity index is 979. The minimum atomic E-state index is -0.986. The van der Waals surface area contributed by atoms with Crippen LogP contribution in [-0.4, -0.2) is 40.2 Å². The van der Waals surface area contributed by atoms with E-state index < -0.39 is 5.97 Å². The highest BCUT2D eigenvalue weighted by Gasteiger charge is 2.32. The number of likely N-dealkylation sites (N-methyl/N-ethyl adjacent to an activating group) is 1. The molecule has 0 unspecified atom stereocenters. The third-order valence-electron chi connectivity index (χ3n) is 4.30. The zero-order valence-corrected chi connectivity index (χ0v) is 18.0. The second-order valence-corrected chi connectivity index (χ2v) is 8.19. The van der Waals surface area contributed by atoms with Crippen LogP contribution in [0.5, 0.6) is 5.75 Å². The molecule has 0 saturated carbocycles. The minimum Gasteiger partial charge on any atom is -0.493 e.